The first-order chi connectivity index (χ1) is 18.2. The summed E-state index contributed by atoms with van der Waals surface area (Å²) in [7, 11) is 0. The van der Waals surface area contributed by atoms with E-state index in [1.54, 1.807) is 42.5 Å². The van der Waals surface area contributed by atoms with Crippen molar-refractivity contribution < 1.29 is 27.5 Å². The van der Waals surface area contributed by atoms with Gasteiger partial charge in [-0.25, -0.2) is 4.98 Å². The molecule has 196 valence electrons. The topological polar surface area (TPSA) is 103 Å². The van der Waals surface area contributed by atoms with E-state index in [2.05, 4.69) is 10.1 Å². The molecule has 0 bridgehead atoms. The van der Waals surface area contributed by atoms with Crippen LogP contribution < -0.4 is 10.5 Å². The van der Waals surface area contributed by atoms with Crippen LogP contribution in [0, 0.1) is 5.92 Å². The molecule has 1 aliphatic rings. The number of rotatable bonds is 6. The maximum atomic E-state index is 13.0. The van der Waals surface area contributed by atoms with Gasteiger partial charge in [-0.2, -0.15) is 18.3 Å². The SMILES string of the molecule is NC(=O)c1ccc2nn(CC3CCN(C(=O)c4ccc(Oc5ccc(C(F)(F)F)nc5)cc4)CC3)cc2c1. The van der Waals surface area contributed by atoms with Crippen molar-refractivity contribution in [2.75, 3.05) is 13.1 Å². The summed E-state index contributed by atoms with van der Waals surface area (Å²) in [6.07, 6.45) is 0.0631. The number of likely N-dealkylation sites (tertiary alicyclic amines) is 1. The van der Waals surface area contributed by atoms with Crippen LogP contribution in [0.3, 0.4) is 0 Å². The largest absolute Gasteiger partial charge is 0.456 e. The minimum atomic E-state index is -4.51. The summed E-state index contributed by atoms with van der Waals surface area (Å²) in [5.74, 6) is 0.344. The third-order valence-electron chi connectivity index (χ3n) is 6.55. The van der Waals surface area contributed by atoms with Crippen LogP contribution in [0.1, 0.15) is 39.3 Å². The molecular formula is C27H24F3N5O3. The van der Waals surface area contributed by atoms with Crippen molar-refractivity contribution in [3.8, 4) is 11.5 Å². The Balaban J connectivity index is 1.14. The number of fused-ring (bicyclic) bond motifs is 1. The number of halogens is 3. The lowest BCUT2D eigenvalue weighted by Crippen LogP contribution is -2.39. The number of pyridine rings is 1. The highest BCUT2D eigenvalue weighted by Gasteiger charge is 2.32. The number of nitrogens with two attached hydrogens (primary N) is 1. The molecule has 4 aromatic rings. The fourth-order valence-electron chi connectivity index (χ4n) is 4.50. The van der Waals surface area contributed by atoms with E-state index in [4.69, 9.17) is 10.5 Å². The van der Waals surface area contributed by atoms with Gasteiger partial charge in [0.05, 0.1) is 11.7 Å². The molecule has 0 aliphatic carbocycles. The van der Waals surface area contributed by atoms with E-state index in [1.807, 2.05) is 15.8 Å². The summed E-state index contributed by atoms with van der Waals surface area (Å²) in [6, 6.07) is 13.7. The Morgan fingerprint density at radius 3 is 2.29 bits per heavy atom. The predicted molar refractivity (Wildman–Crippen MR) is 133 cm³/mol. The van der Waals surface area contributed by atoms with Crippen LogP contribution in [0.15, 0.2) is 67.0 Å². The van der Waals surface area contributed by atoms with Gasteiger partial charge in [-0.3, -0.25) is 14.3 Å². The maximum absolute atomic E-state index is 13.0. The number of nitrogens with zero attached hydrogens (tertiary/aromatic N) is 4. The minimum absolute atomic E-state index is 0.0880. The van der Waals surface area contributed by atoms with E-state index in [9.17, 15) is 22.8 Å². The highest BCUT2D eigenvalue weighted by molar-refractivity contribution is 5.96. The molecular weight excluding hydrogens is 499 g/mol. The van der Waals surface area contributed by atoms with Gasteiger partial charge in [-0.15, -0.1) is 0 Å². The van der Waals surface area contributed by atoms with Gasteiger partial charge in [0.2, 0.25) is 5.91 Å². The fraction of sp³-hybridized carbons (Fsp3) is 0.259. The number of alkyl halides is 3. The number of amides is 2. The quantitative estimate of drug-likeness (QED) is 0.388. The molecule has 1 saturated heterocycles. The lowest BCUT2D eigenvalue weighted by molar-refractivity contribution is -0.141. The Morgan fingerprint density at radius 2 is 1.66 bits per heavy atom. The van der Waals surface area contributed by atoms with E-state index < -0.39 is 17.8 Å². The van der Waals surface area contributed by atoms with Crippen LogP contribution in [0.5, 0.6) is 11.5 Å². The van der Waals surface area contributed by atoms with Crippen LogP contribution in [0.4, 0.5) is 13.2 Å². The van der Waals surface area contributed by atoms with Crippen molar-refractivity contribution >= 4 is 22.7 Å². The molecule has 11 heteroatoms. The molecule has 0 saturated carbocycles. The number of carbonyl (C=O) groups is 2. The zero-order chi connectivity index (χ0) is 26.9. The second kappa shape index (κ2) is 10.2. The number of hydrogen-bond acceptors (Lipinski definition) is 5. The molecule has 1 fully saturated rings. The molecule has 0 radical (unpaired) electrons. The van der Waals surface area contributed by atoms with E-state index in [-0.39, 0.29) is 11.7 Å². The lowest BCUT2D eigenvalue weighted by atomic mass is 9.96. The number of hydrogen-bond donors (Lipinski definition) is 1. The first-order valence-corrected chi connectivity index (χ1v) is 12.0. The van der Waals surface area contributed by atoms with Crippen molar-refractivity contribution in [2.45, 2.75) is 25.6 Å². The lowest BCUT2D eigenvalue weighted by Gasteiger charge is -2.32. The first-order valence-electron chi connectivity index (χ1n) is 12.0. The van der Waals surface area contributed by atoms with Crippen molar-refractivity contribution in [1.82, 2.24) is 19.7 Å². The van der Waals surface area contributed by atoms with Gasteiger partial charge >= 0.3 is 6.18 Å². The Kier molecular flexibility index (Phi) is 6.75. The molecule has 0 spiro atoms. The maximum Gasteiger partial charge on any atom is 0.433 e. The summed E-state index contributed by atoms with van der Waals surface area (Å²) in [5, 5.41) is 5.44. The zero-order valence-electron chi connectivity index (χ0n) is 20.2. The Labute approximate surface area is 215 Å². The van der Waals surface area contributed by atoms with Gasteiger partial charge in [0.15, 0.2) is 0 Å². The van der Waals surface area contributed by atoms with E-state index >= 15 is 0 Å². The summed E-state index contributed by atoms with van der Waals surface area (Å²) >= 11 is 0. The molecule has 3 heterocycles. The standard InChI is InChI=1S/C27H24F3N5O3/c28-27(29,30)24-8-6-22(14-32-24)38-21-4-1-18(2-5-21)26(37)34-11-9-17(10-12-34)15-35-16-20-13-19(25(31)36)3-7-23(20)33-35/h1-8,13-14,16-17H,9-12,15H2,(H2,31,36). The second-order valence-corrected chi connectivity index (χ2v) is 9.23. The average molecular weight is 524 g/mol. The Bertz CT molecular complexity index is 1460. The summed E-state index contributed by atoms with van der Waals surface area (Å²) in [4.78, 5) is 29.6. The van der Waals surface area contributed by atoms with Crippen LogP contribution in [0.25, 0.3) is 10.9 Å². The van der Waals surface area contributed by atoms with Gasteiger partial charge in [-0.05, 0) is 73.4 Å². The van der Waals surface area contributed by atoms with Gasteiger partial charge in [0.25, 0.3) is 5.91 Å². The van der Waals surface area contributed by atoms with Gasteiger partial charge in [0, 0.05) is 42.3 Å². The first kappa shape index (κ1) is 25.2. The van der Waals surface area contributed by atoms with E-state index in [0.29, 0.717) is 42.4 Å². The number of carbonyl (C=O) groups excluding carboxylic acids is 2. The summed E-state index contributed by atoms with van der Waals surface area (Å²) in [5.41, 5.74) is 6.11. The molecule has 0 unspecified atom stereocenters. The highest BCUT2D eigenvalue weighted by atomic mass is 19.4. The second-order valence-electron chi connectivity index (χ2n) is 9.23. The molecule has 5 rings (SSSR count). The minimum Gasteiger partial charge on any atom is -0.456 e. The predicted octanol–water partition coefficient (Wildman–Crippen LogP) is 4.89. The molecule has 8 nitrogen and oxygen atoms in total. The summed E-state index contributed by atoms with van der Waals surface area (Å²) in [6.45, 7) is 1.95. The Morgan fingerprint density at radius 1 is 0.974 bits per heavy atom. The van der Waals surface area contributed by atoms with Crippen molar-refractivity contribution in [1.29, 1.82) is 0 Å². The normalized spacial score (nSPS) is 14.6. The number of piperidine rings is 1. The molecule has 0 atom stereocenters. The van der Waals surface area contributed by atoms with Crippen LogP contribution in [-0.2, 0) is 12.7 Å². The van der Waals surface area contributed by atoms with Crippen LogP contribution in [-0.4, -0.2) is 44.6 Å². The molecule has 2 amide bonds. The Hall–Kier alpha value is -4.41. The van der Waals surface area contributed by atoms with Crippen LogP contribution in [0.2, 0.25) is 0 Å². The number of benzene rings is 2. The van der Waals surface area contributed by atoms with Crippen LogP contribution >= 0.6 is 0 Å². The van der Waals surface area contributed by atoms with Gasteiger partial charge < -0.3 is 15.4 Å². The molecule has 2 N–H and O–H groups in total. The van der Waals surface area contributed by atoms with Crippen molar-refractivity contribution in [3.05, 3.63) is 83.8 Å². The van der Waals surface area contributed by atoms with Gasteiger partial charge in [0.1, 0.15) is 17.2 Å². The molecule has 2 aromatic heterocycles. The fourth-order valence-corrected chi connectivity index (χ4v) is 4.50. The number of aromatic nitrogens is 3. The molecule has 2 aromatic carbocycles. The smallest absolute Gasteiger partial charge is 0.433 e. The highest BCUT2D eigenvalue weighted by Crippen LogP contribution is 2.30. The number of ether oxygens (including phenoxy) is 1. The zero-order valence-corrected chi connectivity index (χ0v) is 20.2. The van der Waals surface area contributed by atoms with Gasteiger partial charge in [-0.1, -0.05) is 0 Å². The third kappa shape index (κ3) is 5.61. The average Bonchev–Trinajstić information content (AvgIpc) is 3.30. The van der Waals surface area contributed by atoms with Crippen molar-refractivity contribution in [2.24, 2.45) is 11.7 Å². The summed E-state index contributed by atoms with van der Waals surface area (Å²) < 4.78 is 45.4. The third-order valence-corrected chi connectivity index (χ3v) is 6.55. The van der Waals surface area contributed by atoms with Crippen molar-refractivity contribution in [3.63, 3.8) is 0 Å². The molecule has 1 aliphatic heterocycles. The molecule has 38 heavy (non-hydrogen) atoms. The van der Waals surface area contributed by atoms with E-state index in [1.165, 1.54) is 6.07 Å². The number of primary amides is 1. The van der Waals surface area contributed by atoms with E-state index in [0.717, 1.165) is 36.0 Å². The monoisotopic (exact) mass is 523 g/mol.